The Hall–Kier alpha value is -1.88. The molecular formula is C16H24N2O3. The Morgan fingerprint density at radius 3 is 2.33 bits per heavy atom. The summed E-state index contributed by atoms with van der Waals surface area (Å²) in [4.78, 5) is 26.3. The van der Waals surface area contributed by atoms with Crippen molar-refractivity contribution in [2.75, 3.05) is 33.7 Å². The van der Waals surface area contributed by atoms with Crippen LogP contribution in [0.2, 0.25) is 0 Å². The predicted molar refractivity (Wildman–Crippen MR) is 82.1 cm³/mol. The third-order valence-electron chi connectivity index (χ3n) is 3.19. The smallest absolute Gasteiger partial charge is 0.323 e. The summed E-state index contributed by atoms with van der Waals surface area (Å²) < 4.78 is 0. The van der Waals surface area contributed by atoms with Gasteiger partial charge in [-0.25, -0.2) is 0 Å². The quantitative estimate of drug-likeness (QED) is 0.749. The summed E-state index contributed by atoms with van der Waals surface area (Å²) in [5.74, 6) is -1.06. The van der Waals surface area contributed by atoms with Crippen LogP contribution in [0, 0.1) is 0 Å². The van der Waals surface area contributed by atoms with E-state index in [1.807, 2.05) is 49.3 Å². The number of carboxylic acid groups (broad SMARTS) is 1. The number of carbonyl (C=O) groups excluding carboxylic acids is 1. The standard InChI is InChI=1S/C16H24N2O3/c1-17(2)11-12-18(13-16(20)21)15(19)10-6-9-14-7-4-3-5-8-14/h3-5,7-8H,6,9-13H2,1-2H3,(H,20,21). The molecule has 1 N–H and O–H groups in total. The number of benzene rings is 1. The number of nitrogens with zero attached hydrogens (tertiary/aromatic N) is 2. The summed E-state index contributed by atoms with van der Waals surface area (Å²) >= 11 is 0. The van der Waals surface area contributed by atoms with E-state index in [4.69, 9.17) is 5.11 Å². The average molecular weight is 292 g/mol. The lowest BCUT2D eigenvalue weighted by Crippen LogP contribution is -2.39. The number of carbonyl (C=O) groups is 2. The normalized spacial score (nSPS) is 10.6. The SMILES string of the molecule is CN(C)CCN(CC(=O)O)C(=O)CCCc1ccccc1. The molecule has 0 fully saturated rings. The number of aliphatic carboxylic acids is 1. The van der Waals surface area contributed by atoms with Gasteiger partial charge in [-0.1, -0.05) is 30.3 Å². The molecule has 1 aromatic rings. The maximum atomic E-state index is 12.1. The Bertz CT molecular complexity index is 446. The van der Waals surface area contributed by atoms with Crippen LogP contribution in [0.3, 0.4) is 0 Å². The van der Waals surface area contributed by atoms with Gasteiger partial charge in [0, 0.05) is 19.5 Å². The molecule has 0 bridgehead atoms. The van der Waals surface area contributed by atoms with E-state index >= 15 is 0 Å². The molecule has 21 heavy (non-hydrogen) atoms. The monoisotopic (exact) mass is 292 g/mol. The molecule has 0 spiro atoms. The molecule has 1 amide bonds. The Morgan fingerprint density at radius 1 is 1.10 bits per heavy atom. The Labute approximate surface area is 126 Å². The van der Waals surface area contributed by atoms with Crippen molar-refractivity contribution in [1.82, 2.24) is 9.80 Å². The second kappa shape index (κ2) is 9.13. The van der Waals surface area contributed by atoms with Gasteiger partial charge >= 0.3 is 5.97 Å². The largest absolute Gasteiger partial charge is 0.480 e. The lowest BCUT2D eigenvalue weighted by molar-refractivity contribution is -0.144. The van der Waals surface area contributed by atoms with Gasteiger partial charge in [-0.2, -0.15) is 0 Å². The van der Waals surface area contributed by atoms with Crippen molar-refractivity contribution >= 4 is 11.9 Å². The molecule has 5 nitrogen and oxygen atoms in total. The van der Waals surface area contributed by atoms with E-state index in [-0.39, 0.29) is 12.5 Å². The van der Waals surface area contributed by atoms with E-state index in [2.05, 4.69) is 0 Å². The molecule has 0 aliphatic rings. The highest BCUT2D eigenvalue weighted by Gasteiger charge is 2.16. The molecule has 0 saturated heterocycles. The number of rotatable bonds is 9. The molecule has 0 saturated carbocycles. The number of carboxylic acids is 1. The molecule has 0 radical (unpaired) electrons. The zero-order valence-electron chi connectivity index (χ0n) is 12.8. The first kappa shape index (κ1) is 17.2. The minimum absolute atomic E-state index is 0.0878. The van der Waals surface area contributed by atoms with Crippen LogP contribution in [0.1, 0.15) is 18.4 Å². The van der Waals surface area contributed by atoms with Gasteiger partial charge in [0.2, 0.25) is 5.91 Å². The molecule has 1 aromatic carbocycles. The third kappa shape index (κ3) is 7.46. The van der Waals surface area contributed by atoms with Gasteiger partial charge < -0.3 is 14.9 Å². The Morgan fingerprint density at radius 2 is 1.76 bits per heavy atom. The van der Waals surface area contributed by atoms with E-state index < -0.39 is 5.97 Å². The third-order valence-corrected chi connectivity index (χ3v) is 3.19. The lowest BCUT2D eigenvalue weighted by Gasteiger charge is -2.22. The van der Waals surface area contributed by atoms with Crippen LogP contribution in [-0.4, -0.2) is 60.5 Å². The Balaban J connectivity index is 2.42. The minimum Gasteiger partial charge on any atom is -0.480 e. The van der Waals surface area contributed by atoms with Gasteiger partial charge in [-0.3, -0.25) is 9.59 Å². The number of hydrogen-bond acceptors (Lipinski definition) is 3. The summed E-state index contributed by atoms with van der Waals surface area (Å²) in [6, 6.07) is 9.98. The van der Waals surface area contributed by atoms with E-state index in [9.17, 15) is 9.59 Å². The summed E-state index contributed by atoms with van der Waals surface area (Å²) in [6.45, 7) is 0.888. The number of likely N-dealkylation sites (N-methyl/N-ethyl adjacent to an activating group) is 1. The summed E-state index contributed by atoms with van der Waals surface area (Å²) in [7, 11) is 3.80. The van der Waals surface area contributed by atoms with Crippen molar-refractivity contribution in [2.45, 2.75) is 19.3 Å². The molecule has 116 valence electrons. The van der Waals surface area contributed by atoms with Crippen molar-refractivity contribution in [3.63, 3.8) is 0 Å². The summed E-state index contributed by atoms with van der Waals surface area (Å²) in [5, 5.41) is 8.89. The van der Waals surface area contributed by atoms with Crippen LogP contribution in [0.4, 0.5) is 0 Å². The van der Waals surface area contributed by atoms with Crippen molar-refractivity contribution in [3.8, 4) is 0 Å². The molecule has 1 rings (SSSR count). The van der Waals surface area contributed by atoms with E-state index in [0.29, 0.717) is 19.5 Å². The van der Waals surface area contributed by atoms with Crippen LogP contribution in [-0.2, 0) is 16.0 Å². The lowest BCUT2D eigenvalue weighted by atomic mass is 10.1. The van der Waals surface area contributed by atoms with E-state index in [0.717, 1.165) is 12.8 Å². The molecule has 0 aliphatic heterocycles. The molecule has 0 unspecified atom stereocenters. The van der Waals surface area contributed by atoms with Crippen LogP contribution in [0.15, 0.2) is 30.3 Å². The van der Waals surface area contributed by atoms with Crippen LogP contribution in [0.5, 0.6) is 0 Å². The second-order valence-corrected chi connectivity index (χ2v) is 5.35. The van der Waals surface area contributed by atoms with Gasteiger partial charge in [0.15, 0.2) is 0 Å². The predicted octanol–water partition coefficient (Wildman–Crippen LogP) is 1.48. The topological polar surface area (TPSA) is 60.9 Å². The fraction of sp³-hybridized carbons (Fsp3) is 0.500. The summed E-state index contributed by atoms with van der Waals surface area (Å²) in [5.41, 5.74) is 1.20. The first-order valence-electron chi connectivity index (χ1n) is 7.17. The molecule has 0 aromatic heterocycles. The Kier molecular flexibility index (Phi) is 7.46. The fourth-order valence-corrected chi connectivity index (χ4v) is 2.02. The minimum atomic E-state index is -0.967. The number of aryl methyl sites for hydroxylation is 1. The molecule has 0 aliphatic carbocycles. The second-order valence-electron chi connectivity index (χ2n) is 5.35. The number of amides is 1. The number of hydrogen-bond donors (Lipinski definition) is 1. The van der Waals surface area contributed by atoms with E-state index in [1.165, 1.54) is 10.5 Å². The first-order valence-corrected chi connectivity index (χ1v) is 7.17. The van der Waals surface area contributed by atoms with E-state index in [1.54, 1.807) is 0 Å². The average Bonchev–Trinajstić information content (AvgIpc) is 2.44. The molecule has 0 heterocycles. The van der Waals surface area contributed by atoms with Gasteiger partial charge in [0.1, 0.15) is 6.54 Å². The maximum Gasteiger partial charge on any atom is 0.323 e. The zero-order valence-corrected chi connectivity index (χ0v) is 12.8. The molecule has 5 heteroatoms. The van der Waals surface area contributed by atoms with Crippen LogP contribution in [0.25, 0.3) is 0 Å². The van der Waals surface area contributed by atoms with Crippen LogP contribution < -0.4 is 0 Å². The van der Waals surface area contributed by atoms with Gasteiger partial charge in [0.05, 0.1) is 0 Å². The fourth-order valence-electron chi connectivity index (χ4n) is 2.02. The van der Waals surface area contributed by atoms with Crippen molar-refractivity contribution in [2.24, 2.45) is 0 Å². The highest BCUT2D eigenvalue weighted by molar-refractivity contribution is 5.81. The first-order chi connectivity index (χ1) is 9.99. The van der Waals surface area contributed by atoms with Gasteiger partial charge in [-0.15, -0.1) is 0 Å². The van der Waals surface area contributed by atoms with Crippen molar-refractivity contribution in [1.29, 1.82) is 0 Å². The van der Waals surface area contributed by atoms with Gasteiger partial charge in [0.25, 0.3) is 0 Å². The molecule has 0 atom stereocenters. The van der Waals surface area contributed by atoms with Gasteiger partial charge in [-0.05, 0) is 32.5 Å². The zero-order chi connectivity index (χ0) is 15.7. The van der Waals surface area contributed by atoms with Crippen molar-refractivity contribution < 1.29 is 14.7 Å². The van der Waals surface area contributed by atoms with Crippen molar-refractivity contribution in [3.05, 3.63) is 35.9 Å². The maximum absolute atomic E-state index is 12.1. The van der Waals surface area contributed by atoms with Crippen LogP contribution >= 0.6 is 0 Å². The highest BCUT2D eigenvalue weighted by Crippen LogP contribution is 2.06. The molecular weight excluding hydrogens is 268 g/mol. The summed E-state index contributed by atoms with van der Waals surface area (Å²) in [6.07, 6.45) is 1.96. The highest BCUT2D eigenvalue weighted by atomic mass is 16.4.